The first-order valence-corrected chi connectivity index (χ1v) is 12.0. The van der Waals surface area contributed by atoms with Gasteiger partial charge in [-0.15, -0.1) is 0 Å². The fourth-order valence-corrected chi connectivity index (χ4v) is 5.27. The van der Waals surface area contributed by atoms with Crippen molar-refractivity contribution in [3.8, 4) is 0 Å². The average molecular weight is 460 g/mol. The Hall–Kier alpha value is -3.68. The summed E-state index contributed by atoms with van der Waals surface area (Å²) < 4.78 is 29.3. The summed E-state index contributed by atoms with van der Waals surface area (Å²) in [6.45, 7) is 3.64. The van der Waals surface area contributed by atoms with Crippen molar-refractivity contribution in [3.63, 3.8) is 0 Å². The minimum absolute atomic E-state index is 0.141. The minimum atomic E-state index is -3.85. The Morgan fingerprint density at radius 3 is 2.30 bits per heavy atom. The number of nitrogens with one attached hydrogen (secondary N) is 2. The van der Waals surface area contributed by atoms with Gasteiger partial charge in [0.15, 0.2) is 0 Å². The summed E-state index contributed by atoms with van der Waals surface area (Å²) in [6.07, 6.45) is 0. The van der Waals surface area contributed by atoms with E-state index in [4.69, 9.17) is 5.73 Å². The summed E-state index contributed by atoms with van der Waals surface area (Å²) in [5.41, 5.74) is 9.15. The third kappa shape index (κ3) is 4.74. The van der Waals surface area contributed by atoms with Gasteiger partial charge in [0, 0.05) is 33.8 Å². The lowest BCUT2D eigenvalue weighted by Gasteiger charge is -2.17. The zero-order valence-corrected chi connectivity index (χ0v) is 19.2. The highest BCUT2D eigenvalue weighted by atomic mass is 32.2. The molecule has 4 aromatic rings. The van der Waals surface area contributed by atoms with Crippen LogP contribution in [0.2, 0.25) is 0 Å². The van der Waals surface area contributed by atoms with Gasteiger partial charge in [-0.1, -0.05) is 54.6 Å². The van der Waals surface area contributed by atoms with Gasteiger partial charge in [-0.2, -0.15) is 0 Å². The molecule has 0 bridgehead atoms. The fraction of sp³-hybridized carbons (Fsp3) is 0.115. The number of nitrogen functional groups attached to an aromatic ring is 1. The van der Waals surface area contributed by atoms with Crippen LogP contribution in [0.15, 0.2) is 89.8 Å². The summed E-state index contributed by atoms with van der Waals surface area (Å²) in [5, 5.41) is 4.08. The number of sulfonamides is 1. The number of nitrogens with two attached hydrogens (primary N) is 1. The second-order valence-electron chi connectivity index (χ2n) is 7.94. The van der Waals surface area contributed by atoms with Crippen LogP contribution < -0.4 is 15.8 Å². The molecule has 6 nitrogen and oxygen atoms in total. The maximum atomic E-state index is 13.3. The fourth-order valence-electron chi connectivity index (χ4n) is 3.82. The highest BCUT2D eigenvalue weighted by molar-refractivity contribution is 7.89. The van der Waals surface area contributed by atoms with Gasteiger partial charge in [-0.3, -0.25) is 4.79 Å². The molecule has 0 aromatic heterocycles. The Bertz CT molecular complexity index is 1450. The summed E-state index contributed by atoms with van der Waals surface area (Å²) in [7, 11) is -3.85. The number of hydrogen-bond donors (Lipinski definition) is 3. The maximum absolute atomic E-state index is 13.3. The van der Waals surface area contributed by atoms with E-state index in [9.17, 15) is 13.2 Å². The van der Waals surface area contributed by atoms with Crippen LogP contribution >= 0.6 is 0 Å². The largest absolute Gasteiger partial charge is 0.399 e. The Morgan fingerprint density at radius 2 is 1.58 bits per heavy atom. The Kier molecular flexibility index (Phi) is 6.18. The quantitative estimate of drug-likeness (QED) is 0.352. The van der Waals surface area contributed by atoms with Gasteiger partial charge < -0.3 is 11.1 Å². The van der Waals surface area contributed by atoms with Crippen molar-refractivity contribution in [1.82, 2.24) is 4.72 Å². The molecule has 0 heterocycles. The number of amides is 1. The van der Waals surface area contributed by atoms with Crippen molar-refractivity contribution in [2.75, 3.05) is 11.1 Å². The molecule has 4 rings (SSSR count). The number of carbonyl (C=O) groups excluding carboxylic acids is 1. The average Bonchev–Trinajstić information content (AvgIpc) is 2.79. The molecule has 0 aliphatic rings. The highest BCUT2D eigenvalue weighted by Gasteiger charge is 2.22. The number of carbonyl (C=O) groups is 1. The topological polar surface area (TPSA) is 101 Å². The zero-order chi connectivity index (χ0) is 23.6. The van der Waals surface area contributed by atoms with Crippen molar-refractivity contribution in [2.24, 2.45) is 0 Å². The molecular formula is C26H25N3O3S. The van der Waals surface area contributed by atoms with E-state index in [1.807, 2.05) is 37.3 Å². The first kappa shape index (κ1) is 22.5. The molecule has 0 saturated carbocycles. The van der Waals surface area contributed by atoms with Gasteiger partial charge in [-0.25, -0.2) is 13.1 Å². The van der Waals surface area contributed by atoms with Gasteiger partial charge in [-0.05, 0) is 55.3 Å². The molecule has 1 unspecified atom stereocenters. The van der Waals surface area contributed by atoms with Crippen molar-refractivity contribution < 1.29 is 13.2 Å². The van der Waals surface area contributed by atoms with Gasteiger partial charge in [0.05, 0.1) is 4.90 Å². The molecule has 168 valence electrons. The predicted octanol–water partition coefficient (Wildman–Crippen LogP) is 5.02. The molecule has 0 aliphatic heterocycles. The summed E-state index contributed by atoms with van der Waals surface area (Å²) in [4.78, 5) is 13.0. The predicted molar refractivity (Wildman–Crippen MR) is 133 cm³/mol. The van der Waals surface area contributed by atoms with Crippen molar-refractivity contribution >= 4 is 38.1 Å². The highest BCUT2D eigenvalue weighted by Crippen LogP contribution is 2.31. The van der Waals surface area contributed by atoms with E-state index in [-0.39, 0.29) is 10.8 Å². The van der Waals surface area contributed by atoms with Crippen LogP contribution in [0.3, 0.4) is 0 Å². The molecule has 0 radical (unpaired) electrons. The van der Waals surface area contributed by atoms with Crippen LogP contribution in [0.4, 0.5) is 11.4 Å². The van der Waals surface area contributed by atoms with Crippen LogP contribution in [0, 0.1) is 6.92 Å². The summed E-state index contributed by atoms with van der Waals surface area (Å²) in [5.74, 6) is -0.248. The standard InChI is InChI=1S/C26H25N3O3S/c1-17-8-3-4-11-21(17)26(30)28-24-14-15-25(23-13-6-5-12-22(23)24)33(31,32)29-18(2)19-9-7-10-20(27)16-19/h3-16,18,29H,27H2,1-2H3,(H,28,30). The van der Waals surface area contributed by atoms with E-state index < -0.39 is 16.1 Å². The lowest BCUT2D eigenvalue weighted by Crippen LogP contribution is -2.27. The van der Waals surface area contributed by atoms with E-state index in [1.165, 1.54) is 6.07 Å². The summed E-state index contributed by atoms with van der Waals surface area (Å²) >= 11 is 0. The molecule has 0 spiro atoms. The first-order valence-electron chi connectivity index (χ1n) is 10.5. The monoisotopic (exact) mass is 459 g/mol. The SMILES string of the molecule is Cc1ccccc1C(=O)Nc1ccc(S(=O)(=O)NC(C)c2cccc(N)c2)c2ccccc12. The second-order valence-corrected chi connectivity index (χ2v) is 9.62. The van der Waals surface area contributed by atoms with Crippen molar-refractivity contribution in [3.05, 3.63) is 102 Å². The number of rotatable bonds is 6. The molecule has 0 saturated heterocycles. The second kappa shape index (κ2) is 9.05. The van der Waals surface area contributed by atoms with Gasteiger partial charge >= 0.3 is 0 Å². The van der Waals surface area contributed by atoms with E-state index in [1.54, 1.807) is 55.5 Å². The van der Waals surface area contributed by atoms with E-state index in [2.05, 4.69) is 10.0 Å². The molecule has 1 amide bonds. The molecule has 4 N–H and O–H groups in total. The molecule has 1 atom stereocenters. The maximum Gasteiger partial charge on any atom is 0.255 e. The Labute approximate surface area is 193 Å². The van der Waals surface area contributed by atoms with Crippen LogP contribution in [0.5, 0.6) is 0 Å². The van der Waals surface area contributed by atoms with E-state index in [0.717, 1.165) is 11.1 Å². The van der Waals surface area contributed by atoms with Crippen LogP contribution in [-0.4, -0.2) is 14.3 Å². The van der Waals surface area contributed by atoms with E-state index >= 15 is 0 Å². The number of fused-ring (bicyclic) bond motifs is 1. The van der Waals surface area contributed by atoms with Crippen LogP contribution in [0.1, 0.15) is 34.5 Å². The molecule has 4 aromatic carbocycles. The van der Waals surface area contributed by atoms with Gasteiger partial charge in [0.2, 0.25) is 10.0 Å². The normalized spacial score (nSPS) is 12.4. The molecule has 7 heteroatoms. The van der Waals surface area contributed by atoms with E-state index in [0.29, 0.717) is 27.7 Å². The minimum Gasteiger partial charge on any atom is -0.399 e. The number of anilines is 2. The Balaban J connectivity index is 1.69. The molecular weight excluding hydrogens is 434 g/mol. The third-order valence-corrected chi connectivity index (χ3v) is 7.15. The lowest BCUT2D eigenvalue weighted by atomic mass is 10.1. The zero-order valence-electron chi connectivity index (χ0n) is 18.4. The number of hydrogen-bond acceptors (Lipinski definition) is 4. The van der Waals surface area contributed by atoms with Gasteiger partial charge in [0.25, 0.3) is 5.91 Å². The number of benzene rings is 4. The smallest absolute Gasteiger partial charge is 0.255 e. The van der Waals surface area contributed by atoms with Gasteiger partial charge in [0.1, 0.15) is 0 Å². The molecule has 0 fully saturated rings. The molecule has 33 heavy (non-hydrogen) atoms. The first-order chi connectivity index (χ1) is 15.8. The Morgan fingerprint density at radius 1 is 0.879 bits per heavy atom. The summed E-state index contributed by atoms with van der Waals surface area (Å²) in [6, 6.07) is 24.2. The lowest BCUT2D eigenvalue weighted by molar-refractivity contribution is 0.102. The van der Waals surface area contributed by atoms with Crippen molar-refractivity contribution in [2.45, 2.75) is 24.8 Å². The van der Waals surface area contributed by atoms with Crippen LogP contribution in [0.25, 0.3) is 10.8 Å². The number of aryl methyl sites for hydroxylation is 1. The van der Waals surface area contributed by atoms with Crippen molar-refractivity contribution in [1.29, 1.82) is 0 Å². The third-order valence-electron chi connectivity index (χ3n) is 5.55. The molecule has 0 aliphatic carbocycles. The van der Waals surface area contributed by atoms with Crippen LogP contribution in [-0.2, 0) is 10.0 Å².